The topological polar surface area (TPSA) is 371 Å². The quantitative estimate of drug-likeness (QED) is 0.0703. The zero-order chi connectivity index (χ0) is 57.4. The summed E-state index contributed by atoms with van der Waals surface area (Å²) in [4.78, 5) is 27.8. The first-order chi connectivity index (χ1) is 36.3. The van der Waals surface area contributed by atoms with Crippen LogP contribution in [0.1, 0.15) is 127 Å². The van der Waals surface area contributed by atoms with Gasteiger partial charge in [0.15, 0.2) is 25.0 Å². The van der Waals surface area contributed by atoms with E-state index in [-0.39, 0.29) is 33.5 Å². The molecule has 4 aliphatic heterocycles. The van der Waals surface area contributed by atoms with Crippen molar-refractivity contribution >= 4 is 11.9 Å². The molecule has 0 radical (unpaired) electrons. The zero-order valence-corrected chi connectivity index (χ0v) is 46.2. The third-order valence-corrected chi connectivity index (χ3v) is 22.3. The Hall–Kier alpha value is -2.08. The molecule has 0 bridgehead atoms. The van der Waals surface area contributed by atoms with Gasteiger partial charge in [0.1, 0.15) is 85.5 Å². The van der Waals surface area contributed by atoms with E-state index in [1.54, 1.807) is 0 Å². The molecule has 0 amide bonds. The Bertz CT molecular complexity index is 2230. The summed E-state index contributed by atoms with van der Waals surface area (Å²) in [6, 6.07) is 0. The molecule has 4 saturated heterocycles. The average Bonchev–Trinajstić information content (AvgIpc) is 1.93. The van der Waals surface area contributed by atoms with Gasteiger partial charge < -0.3 is 104 Å². The molecular formula is C55H88O23. The Morgan fingerprint density at radius 2 is 1.13 bits per heavy atom. The molecule has 78 heavy (non-hydrogen) atoms. The van der Waals surface area contributed by atoms with Crippen LogP contribution in [0.2, 0.25) is 0 Å². The van der Waals surface area contributed by atoms with Crippen LogP contribution in [0, 0.1) is 49.7 Å². The monoisotopic (exact) mass is 1120 g/mol. The molecule has 0 spiro atoms. The Kier molecular flexibility index (Phi) is 16.5. The summed E-state index contributed by atoms with van der Waals surface area (Å²) in [6.45, 7) is 18.0. The molecule has 13 N–H and O–H groups in total. The maximum Gasteiger partial charge on any atom is 0.335 e. The van der Waals surface area contributed by atoms with E-state index in [0.717, 1.165) is 19.3 Å². The van der Waals surface area contributed by atoms with Crippen LogP contribution in [-0.4, -0.2) is 220 Å². The molecule has 23 nitrogen and oxygen atoms in total. The number of carbonyl (C=O) groups excluding carboxylic acids is 1. The predicted molar refractivity (Wildman–Crippen MR) is 267 cm³/mol. The third kappa shape index (κ3) is 9.27. The Labute approximate surface area is 454 Å². The second kappa shape index (κ2) is 21.2. The highest BCUT2D eigenvalue weighted by Gasteiger charge is 2.74. The van der Waals surface area contributed by atoms with Crippen molar-refractivity contribution in [2.75, 3.05) is 13.2 Å². The van der Waals surface area contributed by atoms with Crippen molar-refractivity contribution in [3.05, 3.63) is 11.6 Å². The van der Waals surface area contributed by atoms with Crippen molar-refractivity contribution in [2.45, 2.75) is 255 Å². The van der Waals surface area contributed by atoms with Gasteiger partial charge in [0.05, 0.1) is 30.8 Å². The van der Waals surface area contributed by atoms with Crippen molar-refractivity contribution < 1.29 is 114 Å². The molecule has 0 aromatic heterocycles. The third-order valence-electron chi connectivity index (χ3n) is 22.3. The lowest BCUT2D eigenvalue weighted by molar-refractivity contribution is -0.395. The number of allylic oxidation sites excluding steroid dienone is 2. The van der Waals surface area contributed by atoms with E-state index in [0.29, 0.717) is 44.9 Å². The standard InChI is InChI=1S/C55H88O23/c1-23-30(58)33(61)36(64)44(71-23)75-40-39(67)41(43(68)69)76-47(42(40)77-45-37(65)34(62)31(59)26(21-56)72-45)74-29-12-13-52(7)28(50(29,4)5)11-15-53(8)51(6)17-19-55(48(70)78-46-38(66)35(63)32(60)27(22-57)73-46)18-16-49(2,3)20-25(55)24(51)10-14-54(52,53)9/h10,23,25-42,44-47,56-67H,11-22H2,1-9H3,(H,68,69). The molecule has 5 aliphatic carbocycles. The summed E-state index contributed by atoms with van der Waals surface area (Å²) in [7, 11) is 0. The van der Waals surface area contributed by atoms with E-state index >= 15 is 0 Å². The normalized spacial score (nSPS) is 53.8. The number of carboxylic acid groups (broad SMARTS) is 1. The molecule has 4 heterocycles. The van der Waals surface area contributed by atoms with Crippen molar-refractivity contribution in [1.82, 2.24) is 0 Å². The van der Waals surface area contributed by atoms with Gasteiger partial charge in [0, 0.05) is 0 Å². The van der Waals surface area contributed by atoms with Crippen molar-refractivity contribution in [2.24, 2.45) is 49.7 Å². The highest BCUT2D eigenvalue weighted by Crippen LogP contribution is 2.80. The molecule has 9 aliphatic rings. The van der Waals surface area contributed by atoms with Gasteiger partial charge in [-0.3, -0.25) is 4.79 Å². The first-order valence-corrected chi connectivity index (χ1v) is 28.0. The lowest BCUT2D eigenvalue weighted by Crippen LogP contribution is -2.70. The Morgan fingerprint density at radius 3 is 1.73 bits per heavy atom. The number of carboxylic acids is 1. The molecule has 0 aromatic rings. The lowest BCUT2D eigenvalue weighted by atomic mass is 9.29. The van der Waals surface area contributed by atoms with Gasteiger partial charge in [-0.25, -0.2) is 4.79 Å². The van der Waals surface area contributed by atoms with E-state index in [1.165, 1.54) is 12.5 Å². The second-order valence-electron chi connectivity index (χ2n) is 26.9. The van der Waals surface area contributed by atoms with Crippen LogP contribution in [0.25, 0.3) is 0 Å². The minimum Gasteiger partial charge on any atom is -0.479 e. The van der Waals surface area contributed by atoms with Crippen molar-refractivity contribution in [1.29, 1.82) is 0 Å². The SMILES string of the molecule is CC1OC(OC2C(O)C(C(=O)O)OC(OC3CCC4(C)C(CCC5(C)C6(C)CCC7(C(=O)OC8OC(CO)C(O)C(O)C8O)CCC(C)(C)CC7C6=CCC45C)C3(C)C)C2OC2OC(CO)C(O)C(O)C2O)C(O)C(O)C1O. The molecule has 23 heteroatoms. The van der Waals surface area contributed by atoms with Crippen LogP contribution in [0.15, 0.2) is 11.6 Å². The lowest BCUT2D eigenvalue weighted by Gasteiger charge is -2.75. The molecule has 0 aromatic carbocycles. The van der Waals surface area contributed by atoms with Crippen molar-refractivity contribution in [3.63, 3.8) is 0 Å². The highest BCUT2D eigenvalue weighted by molar-refractivity contribution is 5.79. The largest absolute Gasteiger partial charge is 0.479 e. The molecule has 4 saturated carbocycles. The van der Waals surface area contributed by atoms with Crippen LogP contribution < -0.4 is 0 Å². The first-order valence-electron chi connectivity index (χ1n) is 28.0. The molecule has 8 fully saturated rings. The van der Waals surface area contributed by atoms with E-state index in [9.17, 15) is 76.0 Å². The predicted octanol–water partition coefficient (Wildman–Crippen LogP) is -0.525. The maximum absolute atomic E-state index is 14.9. The van der Waals surface area contributed by atoms with Crippen LogP contribution in [0.3, 0.4) is 0 Å². The number of hydrogen-bond acceptors (Lipinski definition) is 22. The summed E-state index contributed by atoms with van der Waals surface area (Å²) in [5, 5.41) is 139. The van der Waals surface area contributed by atoms with Crippen molar-refractivity contribution in [3.8, 4) is 0 Å². The maximum atomic E-state index is 14.9. The number of hydrogen-bond donors (Lipinski definition) is 13. The van der Waals surface area contributed by atoms with E-state index in [2.05, 4.69) is 61.5 Å². The minimum atomic E-state index is -2.10. The average molecular weight is 1120 g/mol. The van der Waals surface area contributed by atoms with Crippen LogP contribution >= 0.6 is 0 Å². The second-order valence-corrected chi connectivity index (χ2v) is 26.9. The van der Waals surface area contributed by atoms with Gasteiger partial charge in [0.2, 0.25) is 6.29 Å². The smallest absolute Gasteiger partial charge is 0.335 e. The number of ether oxygens (including phenoxy) is 8. The van der Waals surface area contributed by atoms with Gasteiger partial charge in [-0.2, -0.15) is 0 Å². The number of aliphatic carboxylic acids is 1. The summed E-state index contributed by atoms with van der Waals surface area (Å²) < 4.78 is 48.6. The Morgan fingerprint density at radius 1 is 0.577 bits per heavy atom. The van der Waals surface area contributed by atoms with Crippen LogP contribution in [0.5, 0.6) is 0 Å². The summed E-state index contributed by atoms with van der Waals surface area (Å²) in [5.74, 6) is -2.43. The Balaban J connectivity index is 1.02. The van der Waals surface area contributed by atoms with Gasteiger partial charge in [-0.15, -0.1) is 0 Å². The molecular weight excluding hydrogens is 1030 g/mol. The van der Waals surface area contributed by atoms with Gasteiger partial charge in [0.25, 0.3) is 0 Å². The molecule has 28 unspecified atom stereocenters. The van der Waals surface area contributed by atoms with E-state index in [4.69, 9.17) is 37.9 Å². The van der Waals surface area contributed by atoms with Crippen LogP contribution in [-0.2, 0) is 47.5 Å². The highest BCUT2D eigenvalue weighted by atomic mass is 16.8. The number of aliphatic hydroxyl groups excluding tert-OH is 12. The van der Waals surface area contributed by atoms with Gasteiger partial charge in [-0.05, 0) is 115 Å². The fourth-order valence-corrected chi connectivity index (χ4v) is 16.8. The van der Waals surface area contributed by atoms with Gasteiger partial charge in [-0.1, -0.05) is 67.0 Å². The first kappa shape index (κ1) is 60.5. The molecule has 28 atom stereocenters. The molecule has 9 rings (SSSR count). The summed E-state index contributed by atoms with van der Waals surface area (Å²) in [5.41, 5.74) is -2.03. The molecule has 446 valence electrons. The zero-order valence-electron chi connectivity index (χ0n) is 46.2. The minimum absolute atomic E-state index is 0.0355. The fourth-order valence-electron chi connectivity index (χ4n) is 16.8. The van der Waals surface area contributed by atoms with Crippen LogP contribution in [0.4, 0.5) is 0 Å². The number of esters is 1. The van der Waals surface area contributed by atoms with E-state index in [1.807, 2.05) is 0 Å². The number of fused-ring (bicyclic) bond motifs is 7. The number of rotatable bonds is 11. The summed E-state index contributed by atoms with van der Waals surface area (Å²) in [6.07, 6.45) is -26.5. The summed E-state index contributed by atoms with van der Waals surface area (Å²) >= 11 is 0. The number of aliphatic hydroxyl groups is 12. The number of carbonyl (C=O) groups is 2. The van der Waals surface area contributed by atoms with Gasteiger partial charge >= 0.3 is 11.9 Å². The fraction of sp³-hybridized carbons (Fsp3) is 0.927. The van der Waals surface area contributed by atoms with E-state index < -0.39 is 170 Å².